The molecule has 6 rings (SSSR count). The summed E-state index contributed by atoms with van der Waals surface area (Å²) in [6, 6.07) is 30.7. The van der Waals surface area contributed by atoms with Crippen molar-refractivity contribution >= 4 is 5.84 Å². The lowest BCUT2D eigenvalue weighted by molar-refractivity contribution is 0.210. The largest absolute Gasteiger partial charge is 0.508 e. The summed E-state index contributed by atoms with van der Waals surface area (Å²) < 4.78 is 0. The second-order valence-electron chi connectivity index (χ2n) is 12.1. The Bertz CT molecular complexity index is 1320. The molecule has 208 valence electrons. The number of amidine groups is 1. The molecule has 3 atom stereocenters. The van der Waals surface area contributed by atoms with E-state index in [0.717, 1.165) is 51.3 Å². The molecule has 0 amide bonds. The van der Waals surface area contributed by atoms with E-state index >= 15 is 0 Å². The maximum absolute atomic E-state index is 9.91. The minimum atomic E-state index is 0.326. The van der Waals surface area contributed by atoms with Gasteiger partial charge in [0.15, 0.2) is 0 Å². The van der Waals surface area contributed by atoms with Gasteiger partial charge < -0.3 is 19.8 Å². The lowest BCUT2D eigenvalue weighted by atomic mass is 10.0. The van der Waals surface area contributed by atoms with E-state index in [4.69, 9.17) is 4.99 Å². The van der Waals surface area contributed by atoms with Crippen molar-refractivity contribution < 1.29 is 5.11 Å². The van der Waals surface area contributed by atoms with E-state index in [1.54, 1.807) is 0 Å². The fourth-order valence-corrected chi connectivity index (χ4v) is 6.74. The summed E-state index contributed by atoms with van der Waals surface area (Å²) in [4.78, 5) is 13.1. The van der Waals surface area contributed by atoms with Crippen LogP contribution in [0.4, 0.5) is 0 Å². The Balaban J connectivity index is 1.32. The van der Waals surface area contributed by atoms with Crippen LogP contribution in [0.2, 0.25) is 0 Å². The lowest BCUT2D eigenvalue weighted by Crippen LogP contribution is -2.46. The lowest BCUT2D eigenvalue weighted by Gasteiger charge is -2.34. The molecule has 0 aliphatic carbocycles. The molecule has 0 spiro atoms. The zero-order valence-electron chi connectivity index (χ0n) is 23.9. The predicted molar refractivity (Wildman–Crippen MR) is 163 cm³/mol. The molecule has 5 heteroatoms. The maximum atomic E-state index is 9.91. The summed E-state index contributed by atoms with van der Waals surface area (Å²) in [5.74, 6) is 3.45. The Labute approximate surface area is 239 Å². The molecule has 0 saturated carbocycles. The summed E-state index contributed by atoms with van der Waals surface area (Å²) in [6.45, 7) is 8.55. The molecule has 3 aromatic carbocycles. The van der Waals surface area contributed by atoms with Crippen LogP contribution in [-0.4, -0.2) is 69.9 Å². The predicted octanol–water partition coefficient (Wildman–Crippen LogP) is 5.76. The van der Waals surface area contributed by atoms with Gasteiger partial charge in [-0.05, 0) is 60.4 Å². The van der Waals surface area contributed by atoms with Crippen LogP contribution in [0.1, 0.15) is 37.0 Å². The van der Waals surface area contributed by atoms with Gasteiger partial charge in [-0.3, -0.25) is 4.99 Å². The number of hydrogen-bond acceptors (Lipinski definition) is 5. The Morgan fingerprint density at radius 2 is 1.38 bits per heavy atom. The normalized spacial score (nSPS) is 22.2. The highest BCUT2D eigenvalue weighted by molar-refractivity contribution is 5.95. The number of aliphatic imine (C=N–C) groups is 1. The molecule has 5 nitrogen and oxygen atoms in total. The average Bonchev–Trinajstić information content (AvgIpc) is 3.44. The number of nitrogens with zero attached hydrogens (tertiary/aromatic N) is 4. The zero-order chi connectivity index (χ0) is 27.5. The highest BCUT2D eigenvalue weighted by Crippen LogP contribution is 2.35. The highest BCUT2D eigenvalue weighted by atomic mass is 16.3. The van der Waals surface area contributed by atoms with Crippen LogP contribution in [0, 0.1) is 5.92 Å². The van der Waals surface area contributed by atoms with Crippen molar-refractivity contribution in [2.24, 2.45) is 10.9 Å². The van der Waals surface area contributed by atoms with Crippen LogP contribution in [0.25, 0.3) is 0 Å². The van der Waals surface area contributed by atoms with Crippen LogP contribution >= 0.6 is 0 Å². The van der Waals surface area contributed by atoms with Crippen LogP contribution in [0.15, 0.2) is 102 Å². The van der Waals surface area contributed by atoms with Gasteiger partial charge in [0, 0.05) is 31.8 Å². The van der Waals surface area contributed by atoms with E-state index in [-0.39, 0.29) is 0 Å². The molecule has 3 aliphatic rings. The Hall–Kier alpha value is -3.73. The van der Waals surface area contributed by atoms with Gasteiger partial charge in [0.05, 0.1) is 18.6 Å². The Morgan fingerprint density at radius 1 is 0.750 bits per heavy atom. The monoisotopic (exact) mass is 534 g/mol. The van der Waals surface area contributed by atoms with E-state index in [1.807, 2.05) is 12.1 Å². The number of rotatable bonds is 9. The molecule has 0 aromatic heterocycles. The Morgan fingerprint density at radius 3 is 2.08 bits per heavy atom. The van der Waals surface area contributed by atoms with Crippen LogP contribution in [0.3, 0.4) is 0 Å². The molecular weight excluding hydrogens is 492 g/mol. The van der Waals surface area contributed by atoms with E-state index in [1.165, 1.54) is 28.9 Å². The number of aromatic hydroxyl groups is 1. The summed E-state index contributed by atoms with van der Waals surface area (Å²) >= 11 is 0. The van der Waals surface area contributed by atoms with Crippen LogP contribution < -0.4 is 0 Å². The first kappa shape index (κ1) is 26.5. The molecule has 0 radical (unpaired) electrons. The van der Waals surface area contributed by atoms with Crippen molar-refractivity contribution in [2.45, 2.75) is 57.7 Å². The molecule has 0 bridgehead atoms. The van der Waals surface area contributed by atoms with Crippen LogP contribution in [0.5, 0.6) is 5.75 Å². The van der Waals surface area contributed by atoms with Crippen molar-refractivity contribution in [2.75, 3.05) is 26.2 Å². The van der Waals surface area contributed by atoms with Gasteiger partial charge in [-0.25, -0.2) is 0 Å². The molecule has 1 saturated heterocycles. The van der Waals surface area contributed by atoms with Gasteiger partial charge in [-0.1, -0.05) is 86.6 Å². The zero-order valence-corrected chi connectivity index (χ0v) is 23.9. The SMILES string of the molecule is CC(C)C[C@@H]1CN2C(=CC3=NC[C@@H](Cc4ccccc4)N3C[C@H]2Cc2ccc(O)cc2)N1CCc1ccccc1. The van der Waals surface area contributed by atoms with Crippen LogP contribution in [-0.2, 0) is 19.3 Å². The molecule has 3 aromatic rings. The fourth-order valence-electron chi connectivity index (χ4n) is 6.74. The van der Waals surface area contributed by atoms with Gasteiger partial charge in [-0.2, -0.15) is 0 Å². The number of hydrogen-bond donors (Lipinski definition) is 1. The number of benzene rings is 3. The van der Waals surface area contributed by atoms with E-state index < -0.39 is 0 Å². The van der Waals surface area contributed by atoms with E-state index in [9.17, 15) is 5.11 Å². The molecule has 3 heterocycles. The second-order valence-corrected chi connectivity index (χ2v) is 12.1. The van der Waals surface area contributed by atoms with Gasteiger partial charge in [0.1, 0.15) is 17.4 Å². The van der Waals surface area contributed by atoms with E-state index in [0.29, 0.717) is 29.8 Å². The third-order valence-corrected chi connectivity index (χ3v) is 8.69. The summed E-state index contributed by atoms with van der Waals surface area (Å²) in [7, 11) is 0. The van der Waals surface area contributed by atoms with Gasteiger partial charge in [0.25, 0.3) is 0 Å². The molecule has 1 fully saturated rings. The van der Waals surface area contributed by atoms with Crippen molar-refractivity contribution in [3.05, 3.63) is 114 Å². The number of phenols is 1. The first-order valence-electron chi connectivity index (χ1n) is 15.0. The average molecular weight is 535 g/mol. The van der Waals surface area contributed by atoms with Crippen molar-refractivity contribution in [1.29, 1.82) is 0 Å². The van der Waals surface area contributed by atoms with E-state index in [2.05, 4.69) is 107 Å². The van der Waals surface area contributed by atoms with Gasteiger partial charge in [0.2, 0.25) is 0 Å². The molecule has 40 heavy (non-hydrogen) atoms. The molecule has 1 N–H and O–H groups in total. The Kier molecular flexibility index (Phi) is 7.81. The third kappa shape index (κ3) is 5.89. The number of fused-ring (bicyclic) bond motifs is 2. The standard InChI is InChI=1S/C35H42N4O/c1-26(2)19-31-25-39-32(21-29-13-15-33(40)16-14-29)24-38-30(20-28-11-7-4-8-12-28)23-36-34(38)22-35(39)37(31)18-17-27-9-5-3-6-10-27/h3-16,22,26,30-32,40H,17-21,23-25H2,1-2H3/t30-,31-,32-/m1/s1. The maximum Gasteiger partial charge on any atom is 0.127 e. The van der Waals surface area contributed by atoms with Gasteiger partial charge in [-0.15, -0.1) is 0 Å². The summed E-state index contributed by atoms with van der Waals surface area (Å²) in [5, 5.41) is 9.91. The quantitative estimate of drug-likeness (QED) is 0.379. The smallest absolute Gasteiger partial charge is 0.127 e. The minimum Gasteiger partial charge on any atom is -0.508 e. The summed E-state index contributed by atoms with van der Waals surface area (Å²) in [5.41, 5.74) is 4.03. The fraction of sp³-hybridized carbons (Fsp3) is 0.400. The number of phenolic OH excluding ortho intramolecular Hbond substituents is 1. The first-order valence-corrected chi connectivity index (χ1v) is 15.0. The molecule has 0 unspecified atom stereocenters. The molecule has 3 aliphatic heterocycles. The summed E-state index contributed by atoms with van der Waals surface area (Å²) in [6.07, 6.45) is 6.57. The second kappa shape index (κ2) is 11.8. The van der Waals surface area contributed by atoms with Crippen molar-refractivity contribution in [1.82, 2.24) is 14.7 Å². The highest BCUT2D eigenvalue weighted by Gasteiger charge is 2.42. The topological polar surface area (TPSA) is 42.3 Å². The molecular formula is C35H42N4O. The minimum absolute atomic E-state index is 0.326. The van der Waals surface area contributed by atoms with Crippen molar-refractivity contribution in [3.8, 4) is 5.75 Å². The van der Waals surface area contributed by atoms with Gasteiger partial charge >= 0.3 is 0 Å². The van der Waals surface area contributed by atoms with Crippen molar-refractivity contribution in [3.63, 3.8) is 0 Å². The first-order chi connectivity index (χ1) is 19.5. The third-order valence-electron chi connectivity index (χ3n) is 8.69.